The third-order valence-electron chi connectivity index (χ3n) is 8.40. The third kappa shape index (κ3) is 9.02. The van der Waals surface area contributed by atoms with Crippen LogP contribution in [0.2, 0.25) is 5.02 Å². The van der Waals surface area contributed by atoms with E-state index in [2.05, 4.69) is 21.3 Å². The lowest BCUT2D eigenvalue weighted by Crippen LogP contribution is -2.55. The lowest BCUT2D eigenvalue weighted by atomic mass is 9.94. The number of hydrogen-bond acceptors (Lipinski definition) is 6. The largest absolute Gasteiger partial charge is 0.434 e. The highest BCUT2D eigenvalue weighted by molar-refractivity contribution is 6.38. The Hall–Kier alpha value is -4.06. The van der Waals surface area contributed by atoms with Crippen molar-refractivity contribution in [3.8, 4) is 0 Å². The molecule has 4 rings (SSSR count). The molecule has 0 aromatic heterocycles. The number of amides is 4. The Morgan fingerprint density at radius 1 is 0.978 bits per heavy atom. The number of carbonyl (C=O) groups is 5. The lowest BCUT2D eigenvalue weighted by molar-refractivity contribution is -0.141. The van der Waals surface area contributed by atoms with E-state index in [9.17, 15) is 24.0 Å². The summed E-state index contributed by atoms with van der Waals surface area (Å²) in [5.74, 6) is -7.19. The Labute approximate surface area is 271 Å². The average molecular weight is 661 g/mol. The summed E-state index contributed by atoms with van der Waals surface area (Å²) in [5, 5.41) is 10.2. The van der Waals surface area contributed by atoms with Crippen molar-refractivity contribution in [2.24, 2.45) is 11.8 Å². The molecule has 2 aliphatic rings. The predicted octanol–water partition coefficient (Wildman–Crippen LogP) is 4.56. The Balaban J connectivity index is 1.57. The van der Waals surface area contributed by atoms with Crippen molar-refractivity contribution in [3.63, 3.8) is 0 Å². The van der Waals surface area contributed by atoms with E-state index < -0.39 is 59.3 Å². The number of likely N-dealkylation sites (N-methyl/N-ethyl adjacent to an activating group) is 1. The van der Waals surface area contributed by atoms with Crippen molar-refractivity contribution in [2.75, 3.05) is 13.1 Å². The van der Waals surface area contributed by atoms with Crippen molar-refractivity contribution < 1.29 is 37.5 Å². The summed E-state index contributed by atoms with van der Waals surface area (Å²) in [5.41, 5.74) is -0.452. The summed E-state index contributed by atoms with van der Waals surface area (Å²) >= 11 is 5.99. The van der Waals surface area contributed by atoms with Gasteiger partial charge in [-0.05, 0) is 49.8 Å². The summed E-state index contributed by atoms with van der Waals surface area (Å²) in [6.45, 7) is 2.21. The average Bonchev–Trinajstić information content (AvgIpc) is 3.70. The number of ether oxygens (including phenoxy) is 1. The minimum Gasteiger partial charge on any atom is -0.434 e. The second-order valence-corrected chi connectivity index (χ2v) is 12.1. The lowest BCUT2D eigenvalue weighted by Gasteiger charge is -2.29. The zero-order valence-corrected chi connectivity index (χ0v) is 26.3. The van der Waals surface area contributed by atoms with Crippen LogP contribution in [0.25, 0.3) is 0 Å². The first-order chi connectivity index (χ1) is 22.0. The number of nitrogens with one attached hydrogen (secondary N) is 4. The number of carbonyl (C=O) groups excluding carboxylic acids is 5. The molecule has 2 aromatic rings. The zero-order valence-electron chi connectivity index (χ0n) is 25.5. The summed E-state index contributed by atoms with van der Waals surface area (Å²) in [4.78, 5) is 64.8. The number of alkyl carbamates (subject to hydrolysis) is 1. The number of halogens is 3. The molecular weight excluding hydrogens is 622 g/mol. The van der Waals surface area contributed by atoms with Gasteiger partial charge in [-0.15, -0.1) is 0 Å². The van der Waals surface area contributed by atoms with E-state index in [1.807, 2.05) is 0 Å². The molecule has 4 N–H and O–H groups in total. The Kier molecular flexibility index (Phi) is 12.1. The van der Waals surface area contributed by atoms with Gasteiger partial charge in [-0.1, -0.05) is 79.7 Å². The first-order valence-corrected chi connectivity index (χ1v) is 15.9. The zero-order chi connectivity index (χ0) is 33.3. The smallest absolute Gasteiger partial charge is 0.408 e. The molecule has 46 heavy (non-hydrogen) atoms. The van der Waals surface area contributed by atoms with Gasteiger partial charge >= 0.3 is 12.0 Å². The van der Waals surface area contributed by atoms with Crippen LogP contribution in [0.4, 0.5) is 13.6 Å². The van der Waals surface area contributed by atoms with Gasteiger partial charge < -0.3 is 26.0 Å². The number of alkyl halides is 2. The van der Waals surface area contributed by atoms with E-state index in [-0.39, 0.29) is 41.8 Å². The van der Waals surface area contributed by atoms with Crippen LogP contribution in [-0.2, 0) is 29.8 Å². The molecule has 10 nitrogen and oxygen atoms in total. The van der Waals surface area contributed by atoms with Gasteiger partial charge in [-0.2, -0.15) is 8.78 Å². The summed E-state index contributed by atoms with van der Waals surface area (Å²) in [7, 11) is 0. The molecular formula is C33H39ClF2N4O6. The summed E-state index contributed by atoms with van der Waals surface area (Å²) in [6.07, 6.45) is 0.578. The minimum absolute atomic E-state index is 0.0156. The Bertz CT molecular complexity index is 1410. The van der Waals surface area contributed by atoms with Gasteiger partial charge in [0.2, 0.25) is 17.6 Å². The van der Waals surface area contributed by atoms with Crippen molar-refractivity contribution in [1.82, 2.24) is 21.3 Å². The molecule has 1 aliphatic heterocycles. The number of benzene rings is 2. The molecule has 248 valence electrons. The van der Waals surface area contributed by atoms with E-state index in [4.69, 9.17) is 16.3 Å². The van der Waals surface area contributed by atoms with Gasteiger partial charge in [-0.25, -0.2) is 4.79 Å². The Morgan fingerprint density at radius 2 is 1.70 bits per heavy atom. The van der Waals surface area contributed by atoms with E-state index >= 15 is 8.78 Å². The van der Waals surface area contributed by atoms with E-state index in [0.29, 0.717) is 13.0 Å². The number of hydrogen-bond donors (Lipinski definition) is 4. The highest BCUT2D eigenvalue weighted by Gasteiger charge is 2.46. The fourth-order valence-electron chi connectivity index (χ4n) is 5.98. The standard InChI is InChI=1S/C33H39ClF2N4O6/c1-2-37-31(44)27(41)25(18-22-15-16-38-29(22)42)39-30(43)26(17-20-9-6-7-10-20)40-32(45)46-28(21-11-4-3-5-12-21)33(35,36)23-13-8-14-24(34)19-23/h3-5,8,11-14,19-20,22,25-26,28H,2,6-7,9-10,15-18H2,1H3,(H,37,44)(H,38,42)(H,39,43)(H,40,45)/t22-,25?,26-,28?/m0/s1. The molecule has 4 amide bonds. The first-order valence-electron chi connectivity index (χ1n) is 15.6. The molecule has 1 saturated heterocycles. The van der Waals surface area contributed by atoms with Crippen LogP contribution in [0.1, 0.15) is 69.1 Å². The van der Waals surface area contributed by atoms with Gasteiger partial charge in [0.1, 0.15) is 6.04 Å². The van der Waals surface area contributed by atoms with Gasteiger partial charge in [0.05, 0.1) is 6.04 Å². The number of Topliss-reactive ketones (excluding diaryl/α,β-unsaturated/α-hetero) is 1. The molecule has 2 unspecified atom stereocenters. The van der Waals surface area contributed by atoms with Gasteiger partial charge in [0.25, 0.3) is 5.91 Å². The predicted molar refractivity (Wildman–Crippen MR) is 166 cm³/mol. The second-order valence-electron chi connectivity index (χ2n) is 11.7. The minimum atomic E-state index is -3.71. The topological polar surface area (TPSA) is 143 Å². The highest BCUT2D eigenvalue weighted by Crippen LogP contribution is 2.43. The molecule has 1 heterocycles. The quantitative estimate of drug-likeness (QED) is 0.219. The molecule has 1 saturated carbocycles. The Morgan fingerprint density at radius 3 is 2.33 bits per heavy atom. The van der Waals surface area contributed by atoms with Crippen molar-refractivity contribution in [1.29, 1.82) is 0 Å². The molecule has 13 heteroatoms. The first kappa shape index (κ1) is 34.8. The second kappa shape index (κ2) is 16.0. The maximum atomic E-state index is 15.9. The monoisotopic (exact) mass is 660 g/mol. The highest BCUT2D eigenvalue weighted by atomic mass is 35.5. The van der Waals surface area contributed by atoms with Crippen LogP contribution < -0.4 is 21.3 Å². The molecule has 1 aliphatic carbocycles. The molecule has 0 radical (unpaired) electrons. The molecule has 4 atom stereocenters. The molecule has 0 bridgehead atoms. The summed E-state index contributed by atoms with van der Waals surface area (Å²) < 4.78 is 37.3. The normalized spacial score (nSPS) is 18.6. The third-order valence-corrected chi connectivity index (χ3v) is 8.63. The van der Waals surface area contributed by atoms with Crippen LogP contribution in [-0.4, -0.2) is 54.8 Å². The van der Waals surface area contributed by atoms with Crippen LogP contribution in [0, 0.1) is 11.8 Å². The van der Waals surface area contributed by atoms with Crippen molar-refractivity contribution in [2.45, 2.75) is 76.0 Å². The molecule has 2 aromatic carbocycles. The van der Waals surface area contributed by atoms with Crippen LogP contribution in [0.3, 0.4) is 0 Å². The van der Waals surface area contributed by atoms with Gasteiger partial charge in [0, 0.05) is 29.6 Å². The maximum absolute atomic E-state index is 15.9. The van der Waals surface area contributed by atoms with Gasteiger partial charge in [-0.3, -0.25) is 19.2 Å². The molecule has 2 fully saturated rings. The van der Waals surface area contributed by atoms with E-state index in [1.54, 1.807) is 13.0 Å². The summed E-state index contributed by atoms with van der Waals surface area (Å²) in [6, 6.07) is 9.95. The van der Waals surface area contributed by atoms with Crippen LogP contribution in [0.15, 0.2) is 54.6 Å². The van der Waals surface area contributed by atoms with Crippen molar-refractivity contribution in [3.05, 3.63) is 70.7 Å². The molecule has 0 spiro atoms. The number of ketones is 1. The SMILES string of the molecule is CCNC(=O)C(=O)C(C[C@@H]1CCNC1=O)NC(=O)[C@H](CC1CCCC1)NC(=O)OC(c1ccccc1)C(F)(F)c1cccc(Cl)c1. The van der Waals surface area contributed by atoms with Crippen molar-refractivity contribution >= 4 is 41.2 Å². The van der Waals surface area contributed by atoms with E-state index in [0.717, 1.165) is 31.7 Å². The van der Waals surface area contributed by atoms with Crippen LogP contribution >= 0.6 is 11.6 Å². The maximum Gasteiger partial charge on any atom is 0.408 e. The van der Waals surface area contributed by atoms with Gasteiger partial charge in [0.15, 0.2) is 6.10 Å². The fraction of sp³-hybridized carbons (Fsp3) is 0.485. The number of rotatable bonds is 14. The van der Waals surface area contributed by atoms with E-state index in [1.165, 1.54) is 42.5 Å². The fourth-order valence-corrected chi connectivity index (χ4v) is 6.18. The van der Waals surface area contributed by atoms with Crippen LogP contribution in [0.5, 0.6) is 0 Å².